The Morgan fingerprint density at radius 1 is 1.03 bits per heavy atom. The molecular formula is C29H27N7OS2. The summed E-state index contributed by atoms with van der Waals surface area (Å²) >= 11 is 1.61. The van der Waals surface area contributed by atoms with Crippen molar-refractivity contribution in [3.05, 3.63) is 95.2 Å². The van der Waals surface area contributed by atoms with E-state index in [1.807, 2.05) is 41.2 Å². The minimum atomic E-state index is -0.794. The van der Waals surface area contributed by atoms with Crippen molar-refractivity contribution in [1.82, 2.24) is 30.0 Å². The normalized spacial score (nSPS) is 12.2. The topological polar surface area (TPSA) is 97.6 Å². The monoisotopic (exact) mass is 553 g/mol. The molecule has 8 nitrogen and oxygen atoms in total. The van der Waals surface area contributed by atoms with Crippen LogP contribution in [0.1, 0.15) is 10.6 Å². The number of thiazole rings is 1. The lowest BCUT2D eigenvalue weighted by molar-refractivity contribution is 0.676. The number of fused-ring (bicyclic) bond motifs is 2. The average molecular weight is 554 g/mol. The van der Waals surface area contributed by atoms with Gasteiger partial charge in [0.2, 0.25) is 0 Å². The van der Waals surface area contributed by atoms with E-state index in [0.29, 0.717) is 18.8 Å². The Bertz CT molecular complexity index is 1760. The van der Waals surface area contributed by atoms with E-state index >= 15 is 0 Å². The van der Waals surface area contributed by atoms with Crippen molar-refractivity contribution >= 4 is 55.4 Å². The highest BCUT2D eigenvalue weighted by molar-refractivity contribution is 7.84. The summed E-state index contributed by atoms with van der Waals surface area (Å²) in [6, 6.07) is 22.7. The molecule has 0 aliphatic carbocycles. The van der Waals surface area contributed by atoms with Crippen LogP contribution in [0.15, 0.2) is 84.6 Å². The van der Waals surface area contributed by atoms with Gasteiger partial charge in [0, 0.05) is 63.3 Å². The van der Waals surface area contributed by atoms with Gasteiger partial charge >= 0.3 is 0 Å². The Kier molecular flexibility index (Phi) is 7.40. The molecule has 0 saturated heterocycles. The Balaban J connectivity index is 1.22. The molecule has 6 rings (SSSR count). The van der Waals surface area contributed by atoms with Crippen LogP contribution < -0.4 is 10.6 Å². The number of aromatic nitrogens is 5. The SMILES string of the molecule is CS(=O)CCNCc1nc(-c2ccc3ncnc(Nc4ccc5c(cnn5Cc5ccccc5)c4)c3c2)cs1. The second kappa shape index (κ2) is 11.4. The van der Waals surface area contributed by atoms with E-state index in [0.717, 1.165) is 56.1 Å². The first-order chi connectivity index (χ1) is 19.1. The number of hydrogen-bond acceptors (Lipinski definition) is 8. The highest BCUT2D eigenvalue weighted by Crippen LogP contribution is 2.30. The van der Waals surface area contributed by atoms with Crippen molar-refractivity contribution < 1.29 is 4.21 Å². The summed E-state index contributed by atoms with van der Waals surface area (Å²) in [5, 5.41) is 16.4. The Morgan fingerprint density at radius 2 is 1.92 bits per heavy atom. The Hall–Kier alpha value is -3.99. The summed E-state index contributed by atoms with van der Waals surface area (Å²) in [6.07, 6.45) is 5.20. The summed E-state index contributed by atoms with van der Waals surface area (Å²) in [4.78, 5) is 13.8. The molecule has 3 heterocycles. The molecule has 10 heteroatoms. The zero-order chi connectivity index (χ0) is 26.6. The third-order valence-electron chi connectivity index (χ3n) is 6.41. The molecule has 0 spiro atoms. The van der Waals surface area contributed by atoms with E-state index in [9.17, 15) is 4.21 Å². The lowest BCUT2D eigenvalue weighted by Crippen LogP contribution is -2.19. The van der Waals surface area contributed by atoms with Crippen LogP contribution in [-0.2, 0) is 23.9 Å². The summed E-state index contributed by atoms with van der Waals surface area (Å²) in [7, 11) is -0.794. The first-order valence-corrected chi connectivity index (χ1v) is 15.2. The molecule has 1 atom stereocenters. The quantitative estimate of drug-likeness (QED) is 0.220. The molecule has 0 bridgehead atoms. The van der Waals surface area contributed by atoms with Crippen LogP contribution >= 0.6 is 11.3 Å². The average Bonchev–Trinajstić information content (AvgIpc) is 3.59. The molecule has 3 aromatic heterocycles. The number of hydrogen-bond donors (Lipinski definition) is 2. The molecule has 196 valence electrons. The van der Waals surface area contributed by atoms with Gasteiger partial charge in [0.15, 0.2) is 0 Å². The fraction of sp³-hybridized carbons (Fsp3) is 0.172. The number of nitrogens with one attached hydrogen (secondary N) is 2. The molecular weight excluding hydrogens is 527 g/mol. The van der Waals surface area contributed by atoms with Crippen molar-refractivity contribution in [1.29, 1.82) is 0 Å². The molecule has 0 aliphatic heterocycles. The van der Waals surface area contributed by atoms with Crippen molar-refractivity contribution in [3.8, 4) is 11.3 Å². The molecule has 0 radical (unpaired) electrons. The lowest BCUT2D eigenvalue weighted by Gasteiger charge is -2.10. The van der Waals surface area contributed by atoms with Gasteiger partial charge < -0.3 is 10.6 Å². The summed E-state index contributed by atoms with van der Waals surface area (Å²) in [6.45, 7) is 2.10. The second-order valence-electron chi connectivity index (χ2n) is 9.22. The molecule has 0 saturated carbocycles. The smallest absolute Gasteiger partial charge is 0.141 e. The first-order valence-electron chi connectivity index (χ1n) is 12.6. The number of rotatable bonds is 10. The molecule has 0 amide bonds. The van der Waals surface area contributed by atoms with Gasteiger partial charge in [0.1, 0.15) is 17.2 Å². The van der Waals surface area contributed by atoms with Crippen molar-refractivity contribution in [2.75, 3.05) is 23.9 Å². The maximum absolute atomic E-state index is 11.3. The Labute approximate surface area is 232 Å². The fourth-order valence-electron chi connectivity index (χ4n) is 4.44. The number of benzene rings is 3. The van der Waals surface area contributed by atoms with E-state index in [-0.39, 0.29) is 0 Å². The molecule has 1 unspecified atom stereocenters. The van der Waals surface area contributed by atoms with Gasteiger partial charge in [0.05, 0.1) is 29.5 Å². The van der Waals surface area contributed by atoms with Crippen LogP contribution in [0.3, 0.4) is 0 Å². The summed E-state index contributed by atoms with van der Waals surface area (Å²) < 4.78 is 13.3. The van der Waals surface area contributed by atoms with Gasteiger partial charge in [-0.3, -0.25) is 8.89 Å². The van der Waals surface area contributed by atoms with Gasteiger partial charge in [-0.15, -0.1) is 11.3 Å². The van der Waals surface area contributed by atoms with Gasteiger partial charge in [-0.25, -0.2) is 15.0 Å². The molecule has 2 N–H and O–H groups in total. The summed E-state index contributed by atoms with van der Waals surface area (Å²) in [5.41, 5.74) is 6.01. The zero-order valence-electron chi connectivity index (χ0n) is 21.4. The van der Waals surface area contributed by atoms with Gasteiger partial charge in [-0.05, 0) is 35.9 Å². The maximum Gasteiger partial charge on any atom is 0.141 e. The van der Waals surface area contributed by atoms with Gasteiger partial charge in [-0.2, -0.15) is 5.10 Å². The van der Waals surface area contributed by atoms with Gasteiger partial charge in [0.25, 0.3) is 0 Å². The third-order valence-corrected chi connectivity index (χ3v) is 8.03. The fourth-order valence-corrected chi connectivity index (χ4v) is 5.64. The predicted molar refractivity (Wildman–Crippen MR) is 160 cm³/mol. The van der Waals surface area contributed by atoms with Crippen LogP contribution in [-0.4, -0.2) is 47.5 Å². The van der Waals surface area contributed by atoms with E-state index in [1.165, 1.54) is 5.56 Å². The number of nitrogens with zero attached hydrogens (tertiary/aromatic N) is 5. The van der Waals surface area contributed by atoms with E-state index in [4.69, 9.17) is 4.98 Å². The highest BCUT2D eigenvalue weighted by Gasteiger charge is 2.11. The molecule has 0 aliphatic rings. The van der Waals surface area contributed by atoms with Crippen LogP contribution in [0.25, 0.3) is 33.1 Å². The van der Waals surface area contributed by atoms with Gasteiger partial charge in [-0.1, -0.05) is 36.4 Å². The summed E-state index contributed by atoms with van der Waals surface area (Å²) in [5.74, 6) is 1.38. The highest BCUT2D eigenvalue weighted by atomic mass is 32.2. The van der Waals surface area contributed by atoms with E-state index in [2.05, 4.69) is 67.5 Å². The lowest BCUT2D eigenvalue weighted by atomic mass is 10.1. The largest absolute Gasteiger partial charge is 0.340 e. The number of anilines is 2. The standard InChI is InChI=1S/C29H27N7OS2/c1-39(37)12-11-30-16-28-35-26(18-38-28)21-7-9-25-24(14-21)29(32-19-31-25)34-23-8-10-27-22(13-23)15-33-36(27)17-20-5-3-2-4-6-20/h2-10,13-15,18-19,30H,11-12,16-17H2,1H3,(H,31,32,34). The second-order valence-corrected chi connectivity index (χ2v) is 11.7. The molecule has 0 fully saturated rings. The minimum absolute atomic E-state index is 0.641. The first kappa shape index (κ1) is 25.3. The van der Waals surface area contributed by atoms with Crippen molar-refractivity contribution in [2.24, 2.45) is 0 Å². The minimum Gasteiger partial charge on any atom is -0.340 e. The maximum atomic E-state index is 11.3. The van der Waals surface area contributed by atoms with Crippen LogP contribution in [0.5, 0.6) is 0 Å². The predicted octanol–water partition coefficient (Wildman–Crippen LogP) is 5.36. The van der Waals surface area contributed by atoms with Crippen LogP contribution in [0.4, 0.5) is 11.5 Å². The van der Waals surface area contributed by atoms with E-state index in [1.54, 1.807) is 23.9 Å². The van der Waals surface area contributed by atoms with Crippen LogP contribution in [0.2, 0.25) is 0 Å². The third kappa shape index (κ3) is 5.88. The van der Waals surface area contributed by atoms with Crippen LogP contribution in [0, 0.1) is 0 Å². The van der Waals surface area contributed by atoms with E-state index < -0.39 is 10.8 Å². The zero-order valence-corrected chi connectivity index (χ0v) is 23.0. The molecule has 39 heavy (non-hydrogen) atoms. The van der Waals surface area contributed by atoms with Crippen molar-refractivity contribution in [2.45, 2.75) is 13.1 Å². The molecule has 6 aromatic rings. The molecule has 3 aromatic carbocycles. The van der Waals surface area contributed by atoms with Crippen molar-refractivity contribution in [3.63, 3.8) is 0 Å². The Morgan fingerprint density at radius 3 is 2.79 bits per heavy atom.